The number of fused-ring (bicyclic) bond motifs is 1. The number of anilines is 1. The van der Waals surface area contributed by atoms with Crippen LogP contribution in [0.4, 0.5) is 14.6 Å². The van der Waals surface area contributed by atoms with Gasteiger partial charge in [-0.15, -0.1) is 8.78 Å². The maximum absolute atomic E-state index is 13.5. The van der Waals surface area contributed by atoms with E-state index in [2.05, 4.69) is 19.2 Å². The number of β-amino-alcohol motifs (C(OH)–C–C–N with tert-alkyl or cyclic N) is 1. The van der Waals surface area contributed by atoms with Crippen molar-refractivity contribution in [2.75, 3.05) is 18.0 Å². The molecule has 6 rings (SSSR count). The second-order valence-corrected chi connectivity index (χ2v) is 11.8. The van der Waals surface area contributed by atoms with Crippen LogP contribution in [0.2, 0.25) is 5.02 Å². The third-order valence-electron chi connectivity index (χ3n) is 6.78. The highest BCUT2D eigenvalue weighted by Crippen LogP contribution is 2.47. The topological polar surface area (TPSA) is 127 Å². The number of benzene rings is 2. The number of aromatic nitrogens is 1. The molecule has 2 aromatic carbocycles. The summed E-state index contributed by atoms with van der Waals surface area (Å²) in [6.45, 7) is 0.850. The first-order chi connectivity index (χ1) is 18.9. The fourth-order valence-electron chi connectivity index (χ4n) is 4.58. The van der Waals surface area contributed by atoms with E-state index in [9.17, 15) is 27.1 Å². The van der Waals surface area contributed by atoms with Gasteiger partial charge in [0, 0.05) is 36.5 Å². The van der Waals surface area contributed by atoms with Crippen LogP contribution in [0.5, 0.6) is 17.2 Å². The number of rotatable bonds is 7. The summed E-state index contributed by atoms with van der Waals surface area (Å²) in [5.41, 5.74) is -0.661. The summed E-state index contributed by atoms with van der Waals surface area (Å²) in [7, 11) is -4.36. The van der Waals surface area contributed by atoms with Crippen LogP contribution in [0.3, 0.4) is 0 Å². The van der Waals surface area contributed by atoms with E-state index in [1.807, 2.05) is 0 Å². The Labute approximate surface area is 232 Å². The predicted molar refractivity (Wildman–Crippen MR) is 138 cm³/mol. The molecule has 210 valence electrons. The zero-order valence-corrected chi connectivity index (χ0v) is 22.2. The third-order valence-corrected chi connectivity index (χ3v) is 8.25. The first-order valence-electron chi connectivity index (χ1n) is 12.3. The predicted octanol–water partition coefficient (Wildman–Crippen LogP) is 3.71. The number of nitrogens with one attached hydrogen (secondary N) is 1. The van der Waals surface area contributed by atoms with Crippen molar-refractivity contribution >= 4 is 33.3 Å². The maximum atomic E-state index is 13.5. The van der Waals surface area contributed by atoms with E-state index in [0.717, 1.165) is 0 Å². The molecular formula is C26H22ClF2N3O7S. The molecule has 1 aliphatic carbocycles. The molecule has 2 N–H and O–H groups in total. The van der Waals surface area contributed by atoms with E-state index in [1.54, 1.807) is 23.1 Å². The first kappa shape index (κ1) is 26.5. The van der Waals surface area contributed by atoms with Crippen molar-refractivity contribution in [2.24, 2.45) is 0 Å². The molecule has 0 spiro atoms. The van der Waals surface area contributed by atoms with Gasteiger partial charge in [0.15, 0.2) is 22.1 Å². The summed E-state index contributed by atoms with van der Waals surface area (Å²) in [5, 5.41) is 9.72. The first-order valence-corrected chi connectivity index (χ1v) is 14.2. The number of hydrogen-bond acceptors (Lipinski definition) is 9. The zero-order valence-electron chi connectivity index (χ0n) is 20.6. The van der Waals surface area contributed by atoms with Crippen molar-refractivity contribution in [3.8, 4) is 28.4 Å². The average molecular weight is 594 g/mol. The largest absolute Gasteiger partial charge is 0.586 e. The lowest BCUT2D eigenvalue weighted by atomic mass is 10.0. The van der Waals surface area contributed by atoms with E-state index in [-0.39, 0.29) is 40.1 Å². The van der Waals surface area contributed by atoms with Gasteiger partial charge in [-0.05, 0) is 54.4 Å². The number of nitrogens with zero attached hydrogens (tertiary/aromatic N) is 2. The number of carbonyl (C=O) groups is 1. The highest BCUT2D eigenvalue weighted by molar-refractivity contribution is 7.90. The molecule has 2 fully saturated rings. The Kier molecular flexibility index (Phi) is 6.28. The van der Waals surface area contributed by atoms with Crippen LogP contribution < -0.4 is 23.8 Å². The van der Waals surface area contributed by atoms with Gasteiger partial charge in [-0.3, -0.25) is 4.79 Å². The second kappa shape index (κ2) is 9.46. The molecule has 1 amide bonds. The molecule has 1 aromatic heterocycles. The van der Waals surface area contributed by atoms with Crippen LogP contribution in [0.25, 0.3) is 11.1 Å². The number of carbonyl (C=O) groups excluding carboxylic acids is 1. The highest BCUT2D eigenvalue weighted by Gasteiger charge is 2.54. The molecule has 14 heteroatoms. The van der Waals surface area contributed by atoms with Gasteiger partial charge in [0.1, 0.15) is 11.6 Å². The minimum atomic E-state index is -4.36. The van der Waals surface area contributed by atoms with Gasteiger partial charge in [0.25, 0.3) is 15.9 Å². The number of sulfonamides is 1. The van der Waals surface area contributed by atoms with E-state index in [4.69, 9.17) is 16.3 Å². The summed E-state index contributed by atoms with van der Waals surface area (Å²) in [5.74, 6) is -0.670. The van der Waals surface area contributed by atoms with Crippen molar-refractivity contribution in [1.29, 1.82) is 0 Å². The Morgan fingerprint density at radius 1 is 1.12 bits per heavy atom. The number of halogens is 3. The van der Waals surface area contributed by atoms with Crippen molar-refractivity contribution < 1.29 is 41.3 Å². The summed E-state index contributed by atoms with van der Waals surface area (Å²) in [6.07, 6.45) is -3.31. The standard InChI is InChI=1S/C26H22ClF2N3O7S/c27-16-5-6-18(15-4-7-19-21(12-15)39-26(28,29)38-19)20(13-16)37-25(9-10-25)24(34)31-40(35,36)23-3-1-2-22(30-23)32-11-8-17(33)14-32/h1-7,12-13,17,33H,8-11,14H2,(H,31,34). The van der Waals surface area contributed by atoms with Gasteiger partial charge < -0.3 is 24.2 Å². The van der Waals surface area contributed by atoms with Crippen LogP contribution in [-0.4, -0.2) is 55.5 Å². The number of aliphatic hydroxyl groups is 1. The number of amides is 1. The van der Waals surface area contributed by atoms with Gasteiger partial charge in [0.2, 0.25) is 0 Å². The summed E-state index contributed by atoms with van der Waals surface area (Å²) < 4.78 is 70.3. The van der Waals surface area contributed by atoms with Gasteiger partial charge in [-0.25, -0.2) is 9.71 Å². The fraction of sp³-hybridized carbons (Fsp3) is 0.308. The Bertz CT molecular complexity index is 1620. The molecule has 0 bridgehead atoms. The van der Waals surface area contributed by atoms with E-state index >= 15 is 0 Å². The molecule has 0 radical (unpaired) electrons. The summed E-state index contributed by atoms with van der Waals surface area (Å²) in [6, 6.07) is 13.2. The molecule has 1 unspecified atom stereocenters. The molecule has 3 heterocycles. The smallest absolute Gasteiger partial charge is 0.477 e. The van der Waals surface area contributed by atoms with Crippen LogP contribution in [0.1, 0.15) is 19.3 Å². The molecular weight excluding hydrogens is 572 g/mol. The maximum Gasteiger partial charge on any atom is 0.586 e. The highest BCUT2D eigenvalue weighted by atomic mass is 35.5. The van der Waals surface area contributed by atoms with Crippen molar-refractivity contribution in [3.05, 3.63) is 59.6 Å². The van der Waals surface area contributed by atoms with Crippen LogP contribution in [0, 0.1) is 0 Å². The molecule has 2 aliphatic heterocycles. The Morgan fingerprint density at radius 3 is 2.62 bits per heavy atom. The SMILES string of the molecule is O=C(NS(=O)(=O)c1cccc(N2CCC(O)C2)n1)C1(Oc2cc(Cl)ccc2-c2ccc3c(c2)OC(F)(F)O3)CC1. The fourth-order valence-corrected chi connectivity index (χ4v) is 5.75. The number of ether oxygens (including phenoxy) is 3. The Hall–Kier alpha value is -3.68. The molecule has 40 heavy (non-hydrogen) atoms. The minimum absolute atomic E-state index is 0.132. The monoisotopic (exact) mass is 593 g/mol. The van der Waals surface area contributed by atoms with Crippen LogP contribution in [-0.2, 0) is 14.8 Å². The minimum Gasteiger partial charge on any atom is -0.477 e. The van der Waals surface area contributed by atoms with E-state index in [1.165, 1.54) is 36.4 Å². The van der Waals surface area contributed by atoms with E-state index < -0.39 is 33.9 Å². The van der Waals surface area contributed by atoms with Gasteiger partial charge in [-0.1, -0.05) is 23.7 Å². The summed E-state index contributed by atoms with van der Waals surface area (Å²) >= 11 is 6.18. The van der Waals surface area contributed by atoms with Crippen molar-refractivity contribution in [1.82, 2.24) is 9.71 Å². The molecule has 1 atom stereocenters. The van der Waals surface area contributed by atoms with Crippen LogP contribution in [0.15, 0.2) is 59.6 Å². The van der Waals surface area contributed by atoms with E-state index in [0.29, 0.717) is 36.5 Å². The number of alkyl halides is 2. The lowest BCUT2D eigenvalue weighted by molar-refractivity contribution is -0.286. The van der Waals surface area contributed by atoms with Crippen molar-refractivity contribution in [2.45, 2.75) is 42.3 Å². The molecule has 10 nitrogen and oxygen atoms in total. The summed E-state index contributed by atoms with van der Waals surface area (Å²) in [4.78, 5) is 19.2. The van der Waals surface area contributed by atoms with Gasteiger partial charge in [0.05, 0.1) is 6.10 Å². The Morgan fingerprint density at radius 2 is 1.90 bits per heavy atom. The number of hydrogen-bond donors (Lipinski definition) is 2. The lowest BCUT2D eigenvalue weighted by Gasteiger charge is -2.21. The average Bonchev–Trinajstić information content (AvgIpc) is 3.43. The van der Waals surface area contributed by atoms with Crippen molar-refractivity contribution in [3.63, 3.8) is 0 Å². The quantitative estimate of drug-likeness (QED) is 0.421. The van der Waals surface area contributed by atoms with Gasteiger partial charge >= 0.3 is 6.29 Å². The zero-order chi connectivity index (χ0) is 28.3. The number of pyridine rings is 1. The van der Waals surface area contributed by atoms with Gasteiger partial charge in [-0.2, -0.15) is 8.42 Å². The molecule has 3 aromatic rings. The molecule has 3 aliphatic rings. The third kappa shape index (κ3) is 5.11. The molecule has 1 saturated heterocycles. The number of aliphatic hydroxyl groups excluding tert-OH is 1. The van der Waals surface area contributed by atoms with Crippen LogP contribution >= 0.6 is 11.6 Å². The molecule has 1 saturated carbocycles. The normalized spacial score (nSPS) is 20.3. The Balaban J connectivity index is 1.23. The lowest BCUT2D eigenvalue weighted by Crippen LogP contribution is -2.43. The second-order valence-electron chi connectivity index (χ2n) is 9.72.